The van der Waals surface area contributed by atoms with E-state index in [0.29, 0.717) is 12.8 Å². The Bertz CT molecular complexity index is 1030. The Morgan fingerprint density at radius 2 is 1.45 bits per heavy atom. The summed E-state index contributed by atoms with van der Waals surface area (Å²) < 4.78 is 19.6. The van der Waals surface area contributed by atoms with Gasteiger partial charge < -0.3 is 13.6 Å². The van der Waals surface area contributed by atoms with E-state index in [1.807, 2.05) is 33.8 Å². The van der Waals surface area contributed by atoms with Gasteiger partial charge in [-0.15, -0.1) is 0 Å². The molecule has 0 aromatic rings. The van der Waals surface area contributed by atoms with E-state index in [2.05, 4.69) is 86.8 Å². The molecule has 0 saturated heterocycles. The minimum Gasteiger partial charge on any atom is -0.454 e. The lowest BCUT2D eigenvalue weighted by atomic mass is 9.73. The van der Waals surface area contributed by atoms with E-state index in [1.54, 1.807) is 0 Å². The Kier molecular flexibility index (Phi) is 13.0. The molecule has 1 rings (SSSR count). The molecule has 0 aliphatic carbocycles. The van der Waals surface area contributed by atoms with Crippen molar-refractivity contribution in [1.29, 1.82) is 0 Å². The number of esters is 1. The Morgan fingerprint density at radius 1 is 0.952 bits per heavy atom. The van der Waals surface area contributed by atoms with Gasteiger partial charge in [-0.3, -0.25) is 14.4 Å². The van der Waals surface area contributed by atoms with Crippen LogP contribution in [0.5, 0.6) is 0 Å². The highest BCUT2D eigenvalue weighted by atomic mass is 28.4. The largest absolute Gasteiger partial charge is 0.454 e. The summed E-state index contributed by atoms with van der Waals surface area (Å²) in [6, 6.07) is 0. The van der Waals surface area contributed by atoms with E-state index in [-0.39, 0.29) is 40.1 Å². The molecule has 1 aliphatic rings. The normalized spacial score (nSPS) is 29.8. The van der Waals surface area contributed by atoms with Crippen LogP contribution in [-0.2, 0) is 28.0 Å². The van der Waals surface area contributed by atoms with Crippen LogP contribution >= 0.6 is 0 Å². The highest BCUT2D eigenvalue weighted by Gasteiger charge is 2.50. The minimum atomic E-state index is -2.40. The molecule has 8 heteroatoms. The Labute approximate surface area is 259 Å². The van der Waals surface area contributed by atoms with Gasteiger partial charge in [0.1, 0.15) is 5.78 Å². The number of carbonyl (C=O) groups excluding carboxylic acids is 3. The van der Waals surface area contributed by atoms with E-state index >= 15 is 0 Å². The maximum atomic E-state index is 14.6. The SMILES string of the molecule is CC(=O)[C@@H]1C/C=C(/C)C/C=C/[C@H](C)[C@H](O[Si](C)(C)C(C)(C)C)[C@@H](C)C(=O)C(C)(C)[C@@H](O[Si](C)(C)C(C)(C)C)CC(=O)O1. The third kappa shape index (κ3) is 10.1. The van der Waals surface area contributed by atoms with Gasteiger partial charge >= 0.3 is 5.97 Å². The van der Waals surface area contributed by atoms with Crippen LogP contribution in [0.3, 0.4) is 0 Å². The van der Waals surface area contributed by atoms with Gasteiger partial charge in [0.05, 0.1) is 18.6 Å². The third-order valence-corrected chi connectivity index (χ3v) is 18.9. The van der Waals surface area contributed by atoms with Crippen LogP contribution in [0.1, 0.15) is 102 Å². The number of cyclic esters (lactones) is 1. The van der Waals surface area contributed by atoms with Crippen LogP contribution in [0.2, 0.25) is 36.3 Å². The molecule has 0 unspecified atom stereocenters. The highest BCUT2D eigenvalue weighted by Crippen LogP contribution is 2.44. The Hall–Kier alpha value is -1.36. The minimum absolute atomic E-state index is 0.00857. The second-order valence-electron chi connectivity index (χ2n) is 16.2. The first kappa shape index (κ1) is 38.7. The maximum absolute atomic E-state index is 14.6. The zero-order chi connectivity index (χ0) is 33.1. The number of allylic oxidation sites excluding steroid dienone is 2. The number of hydrogen-bond donors (Lipinski definition) is 0. The standard InChI is InChI=1S/C34H62O6Si2/c1-23-18-17-19-24(2)30(40-42(15,16)33(8,9)10)25(3)31(37)34(11,12)28(39-41(13,14)32(5,6)7)22-29(36)38-27(21-20-23)26(4)35/h17,19-20,24-25,27-28,30H,18,21-22H2,1-16H3/b19-17+,23-20-/t24-,25+,27-,28-,30-/m0/s1. The molecule has 0 aromatic carbocycles. The van der Waals surface area contributed by atoms with Gasteiger partial charge in [-0.2, -0.15) is 0 Å². The maximum Gasteiger partial charge on any atom is 0.309 e. The average Bonchev–Trinajstić information content (AvgIpc) is 2.81. The molecular weight excluding hydrogens is 561 g/mol. The van der Waals surface area contributed by atoms with E-state index < -0.39 is 46.1 Å². The van der Waals surface area contributed by atoms with Crippen LogP contribution in [0.25, 0.3) is 0 Å². The fraction of sp³-hybridized carbons (Fsp3) is 0.794. The van der Waals surface area contributed by atoms with Crippen LogP contribution in [0.15, 0.2) is 23.8 Å². The number of hydrogen-bond acceptors (Lipinski definition) is 6. The Balaban J connectivity index is 3.77. The summed E-state index contributed by atoms with van der Waals surface area (Å²) in [7, 11) is -4.62. The lowest BCUT2D eigenvalue weighted by Gasteiger charge is -2.46. The molecule has 6 nitrogen and oxygen atoms in total. The van der Waals surface area contributed by atoms with Crippen molar-refractivity contribution >= 4 is 34.2 Å². The summed E-state index contributed by atoms with van der Waals surface area (Å²) >= 11 is 0. The van der Waals surface area contributed by atoms with Crippen molar-refractivity contribution in [2.75, 3.05) is 0 Å². The summed E-state index contributed by atoms with van der Waals surface area (Å²) in [6.07, 6.45) is 5.27. The zero-order valence-corrected chi connectivity index (χ0v) is 31.7. The molecule has 0 fully saturated rings. The number of rotatable bonds is 5. The van der Waals surface area contributed by atoms with Crippen molar-refractivity contribution in [1.82, 2.24) is 0 Å². The van der Waals surface area contributed by atoms with E-state index in [4.69, 9.17) is 13.6 Å². The van der Waals surface area contributed by atoms with Gasteiger partial charge in [0.25, 0.3) is 0 Å². The van der Waals surface area contributed by atoms with Gasteiger partial charge in [0, 0.05) is 17.8 Å². The molecule has 0 N–H and O–H groups in total. The second-order valence-corrected chi connectivity index (χ2v) is 25.7. The van der Waals surface area contributed by atoms with Crippen molar-refractivity contribution in [2.24, 2.45) is 17.3 Å². The second kappa shape index (κ2) is 14.2. The number of Topliss-reactive ketones (excluding diaryl/α,β-unsaturated/α-hetero) is 2. The van der Waals surface area contributed by atoms with Crippen molar-refractivity contribution in [2.45, 2.75) is 157 Å². The van der Waals surface area contributed by atoms with Crippen molar-refractivity contribution in [3.63, 3.8) is 0 Å². The van der Waals surface area contributed by atoms with Crippen molar-refractivity contribution < 1.29 is 28.0 Å². The summed E-state index contributed by atoms with van der Waals surface area (Å²) in [5.41, 5.74) is 0.0743. The van der Waals surface area contributed by atoms with Gasteiger partial charge in [-0.25, -0.2) is 0 Å². The first-order valence-electron chi connectivity index (χ1n) is 15.7. The summed E-state index contributed by atoms with van der Waals surface area (Å²) in [4.78, 5) is 40.4. The zero-order valence-electron chi connectivity index (χ0n) is 29.7. The predicted molar refractivity (Wildman–Crippen MR) is 179 cm³/mol. The topological polar surface area (TPSA) is 78.9 Å². The fourth-order valence-corrected chi connectivity index (χ4v) is 7.57. The van der Waals surface area contributed by atoms with Gasteiger partial charge in [-0.1, -0.05) is 93.0 Å². The van der Waals surface area contributed by atoms with Crippen LogP contribution in [-0.4, -0.2) is 52.5 Å². The van der Waals surface area contributed by atoms with Crippen LogP contribution in [0, 0.1) is 17.3 Å². The van der Waals surface area contributed by atoms with Crippen LogP contribution in [0.4, 0.5) is 0 Å². The number of ketones is 2. The quantitative estimate of drug-likeness (QED) is 0.173. The van der Waals surface area contributed by atoms with Gasteiger partial charge in [-0.05, 0) is 62.5 Å². The molecule has 0 bridgehead atoms. The molecule has 242 valence electrons. The molecule has 0 radical (unpaired) electrons. The van der Waals surface area contributed by atoms with Crippen molar-refractivity contribution in [3.05, 3.63) is 23.8 Å². The smallest absolute Gasteiger partial charge is 0.309 e. The molecule has 0 saturated carbocycles. The number of carbonyl (C=O) groups is 3. The molecule has 0 amide bonds. The summed E-state index contributed by atoms with van der Waals surface area (Å²) in [6.45, 7) is 33.1. The third-order valence-electron chi connectivity index (χ3n) is 9.98. The number of ether oxygens (including phenoxy) is 1. The van der Waals surface area contributed by atoms with Gasteiger partial charge in [0.15, 0.2) is 28.5 Å². The summed E-state index contributed by atoms with van der Waals surface area (Å²) in [5, 5.41) is -0.150. The molecule has 1 heterocycles. The lowest BCUT2D eigenvalue weighted by Crippen LogP contribution is -2.54. The monoisotopic (exact) mass is 622 g/mol. The molecule has 5 atom stereocenters. The molecule has 42 heavy (non-hydrogen) atoms. The van der Waals surface area contributed by atoms with E-state index in [9.17, 15) is 14.4 Å². The molecular formula is C34H62O6Si2. The first-order valence-corrected chi connectivity index (χ1v) is 21.5. The predicted octanol–water partition coefficient (Wildman–Crippen LogP) is 8.82. The fourth-order valence-electron chi connectivity index (χ4n) is 4.68. The molecule has 0 spiro atoms. The summed E-state index contributed by atoms with van der Waals surface area (Å²) in [5.74, 6) is -1.16. The van der Waals surface area contributed by atoms with Gasteiger partial charge in [0.2, 0.25) is 0 Å². The van der Waals surface area contributed by atoms with Crippen LogP contribution < -0.4 is 0 Å². The lowest BCUT2D eigenvalue weighted by molar-refractivity contribution is -0.158. The first-order chi connectivity index (χ1) is 18.7. The Morgan fingerprint density at radius 3 is 1.93 bits per heavy atom. The molecule has 1 aliphatic heterocycles. The van der Waals surface area contributed by atoms with E-state index in [0.717, 1.165) is 5.57 Å². The van der Waals surface area contributed by atoms with E-state index in [1.165, 1.54) is 6.92 Å². The highest BCUT2D eigenvalue weighted by molar-refractivity contribution is 6.74. The average molecular weight is 623 g/mol. The van der Waals surface area contributed by atoms with Crippen molar-refractivity contribution in [3.8, 4) is 0 Å². The molecule has 0 aromatic heterocycles.